The minimum atomic E-state index is -0.946. The van der Waals surface area contributed by atoms with Gasteiger partial charge in [0.05, 0.1) is 6.42 Å². The maximum atomic E-state index is 13.6. The molecule has 3 nitrogen and oxygen atoms in total. The summed E-state index contributed by atoms with van der Waals surface area (Å²) in [6.45, 7) is 0. The van der Waals surface area contributed by atoms with Gasteiger partial charge >= 0.3 is 5.97 Å². The van der Waals surface area contributed by atoms with Gasteiger partial charge in [-0.15, -0.1) is 0 Å². The summed E-state index contributed by atoms with van der Waals surface area (Å²) >= 11 is 3.25. The Labute approximate surface area is 102 Å². The van der Waals surface area contributed by atoms with Crippen LogP contribution in [-0.4, -0.2) is 30.1 Å². The summed E-state index contributed by atoms with van der Waals surface area (Å²) in [5, 5.41) is 8.79. The number of aliphatic carboxylic acids is 1. The van der Waals surface area contributed by atoms with Crippen molar-refractivity contribution in [2.45, 2.75) is 12.5 Å². The first-order chi connectivity index (χ1) is 7.41. The van der Waals surface area contributed by atoms with Gasteiger partial charge in [-0.05, 0) is 32.3 Å². The second-order valence-electron chi connectivity index (χ2n) is 3.74. The van der Waals surface area contributed by atoms with Crippen molar-refractivity contribution in [3.05, 3.63) is 34.1 Å². The third-order valence-electron chi connectivity index (χ3n) is 2.31. The Balaban J connectivity index is 3.09. The molecule has 1 aromatic rings. The molecule has 1 N–H and O–H groups in total. The van der Waals surface area contributed by atoms with Crippen LogP contribution in [0.1, 0.15) is 18.0 Å². The molecule has 88 valence electrons. The van der Waals surface area contributed by atoms with E-state index in [1.54, 1.807) is 31.1 Å². The van der Waals surface area contributed by atoms with E-state index in [0.29, 0.717) is 5.56 Å². The molecule has 1 aromatic carbocycles. The second-order valence-corrected chi connectivity index (χ2v) is 4.66. The lowest BCUT2D eigenvalue weighted by Gasteiger charge is -2.23. The summed E-state index contributed by atoms with van der Waals surface area (Å²) in [4.78, 5) is 12.4. The number of benzene rings is 1. The van der Waals surface area contributed by atoms with Gasteiger partial charge in [-0.25, -0.2) is 4.39 Å². The van der Waals surface area contributed by atoms with Gasteiger partial charge in [-0.1, -0.05) is 15.9 Å². The number of nitrogens with zero attached hydrogens (tertiary/aromatic N) is 1. The van der Waals surface area contributed by atoms with Crippen LogP contribution in [-0.2, 0) is 4.79 Å². The predicted octanol–water partition coefficient (Wildman–Crippen LogP) is 2.67. The van der Waals surface area contributed by atoms with E-state index in [4.69, 9.17) is 5.11 Å². The largest absolute Gasteiger partial charge is 0.481 e. The van der Waals surface area contributed by atoms with Crippen molar-refractivity contribution in [3.63, 3.8) is 0 Å². The highest BCUT2D eigenvalue weighted by Gasteiger charge is 2.21. The monoisotopic (exact) mass is 289 g/mol. The zero-order chi connectivity index (χ0) is 12.3. The van der Waals surface area contributed by atoms with E-state index in [0.717, 1.165) is 4.47 Å². The van der Waals surface area contributed by atoms with Gasteiger partial charge in [0.1, 0.15) is 5.82 Å². The molecule has 0 spiro atoms. The number of carbonyl (C=O) groups is 1. The van der Waals surface area contributed by atoms with Crippen molar-refractivity contribution in [2.75, 3.05) is 14.1 Å². The number of hydrogen-bond acceptors (Lipinski definition) is 2. The summed E-state index contributed by atoms with van der Waals surface area (Å²) in [6.07, 6.45) is -0.125. The summed E-state index contributed by atoms with van der Waals surface area (Å²) in [5.41, 5.74) is 0.391. The molecule has 5 heteroatoms. The highest BCUT2D eigenvalue weighted by Crippen LogP contribution is 2.27. The van der Waals surface area contributed by atoms with Crippen molar-refractivity contribution in [1.29, 1.82) is 0 Å². The molecule has 0 saturated heterocycles. The van der Waals surface area contributed by atoms with E-state index >= 15 is 0 Å². The summed E-state index contributed by atoms with van der Waals surface area (Å²) in [5.74, 6) is -1.33. The van der Waals surface area contributed by atoms with Gasteiger partial charge in [-0.2, -0.15) is 0 Å². The average molecular weight is 290 g/mol. The molecule has 0 heterocycles. The second kappa shape index (κ2) is 5.41. The first kappa shape index (κ1) is 13.1. The van der Waals surface area contributed by atoms with E-state index in [1.807, 2.05) is 0 Å². The topological polar surface area (TPSA) is 40.5 Å². The van der Waals surface area contributed by atoms with Crippen LogP contribution in [0.5, 0.6) is 0 Å². The summed E-state index contributed by atoms with van der Waals surface area (Å²) in [6, 6.07) is 4.07. The van der Waals surface area contributed by atoms with E-state index in [9.17, 15) is 9.18 Å². The van der Waals surface area contributed by atoms with Gasteiger partial charge in [0.2, 0.25) is 0 Å². The Morgan fingerprint density at radius 1 is 1.56 bits per heavy atom. The van der Waals surface area contributed by atoms with Crippen LogP contribution in [0.2, 0.25) is 0 Å². The maximum Gasteiger partial charge on any atom is 0.305 e. The quantitative estimate of drug-likeness (QED) is 0.926. The van der Waals surface area contributed by atoms with E-state index in [1.165, 1.54) is 6.07 Å². The fourth-order valence-corrected chi connectivity index (χ4v) is 1.88. The van der Waals surface area contributed by atoms with Gasteiger partial charge in [-0.3, -0.25) is 4.79 Å². The predicted molar refractivity (Wildman–Crippen MR) is 62.8 cm³/mol. The van der Waals surface area contributed by atoms with Crippen molar-refractivity contribution in [2.24, 2.45) is 0 Å². The molecule has 0 radical (unpaired) electrons. The molecule has 0 aliphatic heterocycles. The maximum absolute atomic E-state index is 13.6. The standard InChI is InChI=1S/C11H13BrFNO2/c1-14(2)10(6-11(15)16)8-5-7(12)3-4-9(8)13/h3-5,10H,6H2,1-2H3,(H,15,16). The number of carboxylic acids is 1. The third kappa shape index (κ3) is 3.28. The summed E-state index contributed by atoms with van der Waals surface area (Å²) in [7, 11) is 3.46. The Morgan fingerprint density at radius 2 is 2.19 bits per heavy atom. The molecule has 1 atom stereocenters. The van der Waals surface area contributed by atoms with Gasteiger partial charge in [0.15, 0.2) is 0 Å². The van der Waals surface area contributed by atoms with Crippen LogP contribution >= 0.6 is 15.9 Å². The molecule has 0 amide bonds. The van der Waals surface area contributed by atoms with Crippen LogP contribution in [0, 0.1) is 5.82 Å². The van der Waals surface area contributed by atoms with Crippen molar-refractivity contribution in [1.82, 2.24) is 4.90 Å². The van der Waals surface area contributed by atoms with E-state index in [2.05, 4.69) is 15.9 Å². The van der Waals surface area contributed by atoms with Gasteiger partial charge in [0.25, 0.3) is 0 Å². The van der Waals surface area contributed by atoms with E-state index < -0.39 is 12.0 Å². The number of rotatable bonds is 4. The minimum Gasteiger partial charge on any atom is -0.481 e. The zero-order valence-corrected chi connectivity index (χ0v) is 10.7. The molecule has 0 aliphatic carbocycles. The highest BCUT2D eigenvalue weighted by atomic mass is 79.9. The highest BCUT2D eigenvalue weighted by molar-refractivity contribution is 9.10. The lowest BCUT2D eigenvalue weighted by atomic mass is 10.0. The number of hydrogen-bond donors (Lipinski definition) is 1. The van der Waals surface area contributed by atoms with Crippen molar-refractivity contribution < 1.29 is 14.3 Å². The molecular weight excluding hydrogens is 277 g/mol. The summed E-state index contributed by atoms with van der Waals surface area (Å²) < 4.78 is 14.3. The van der Waals surface area contributed by atoms with Crippen molar-refractivity contribution >= 4 is 21.9 Å². The Morgan fingerprint density at radius 3 is 2.69 bits per heavy atom. The molecule has 1 rings (SSSR count). The molecule has 1 unspecified atom stereocenters. The Hall–Kier alpha value is -0.940. The first-order valence-electron chi connectivity index (χ1n) is 4.75. The van der Waals surface area contributed by atoms with Crippen molar-refractivity contribution in [3.8, 4) is 0 Å². The molecule has 0 saturated carbocycles. The lowest BCUT2D eigenvalue weighted by molar-refractivity contribution is -0.138. The number of halogens is 2. The fraction of sp³-hybridized carbons (Fsp3) is 0.364. The Bertz CT molecular complexity index is 396. The lowest BCUT2D eigenvalue weighted by Crippen LogP contribution is -2.23. The van der Waals surface area contributed by atoms with Gasteiger partial charge < -0.3 is 10.0 Å². The molecule has 0 aromatic heterocycles. The smallest absolute Gasteiger partial charge is 0.305 e. The molecule has 0 fully saturated rings. The number of carboxylic acid groups (broad SMARTS) is 1. The van der Waals surface area contributed by atoms with Crippen LogP contribution in [0.3, 0.4) is 0 Å². The normalized spacial score (nSPS) is 12.8. The molecule has 16 heavy (non-hydrogen) atoms. The average Bonchev–Trinajstić information content (AvgIpc) is 2.18. The van der Waals surface area contributed by atoms with Crippen LogP contribution in [0.4, 0.5) is 4.39 Å². The molecule has 0 bridgehead atoms. The minimum absolute atomic E-state index is 0.125. The molecule has 0 aliphatic rings. The van der Waals surface area contributed by atoms with Crippen LogP contribution in [0.15, 0.2) is 22.7 Å². The molecular formula is C11H13BrFNO2. The Kier molecular flexibility index (Phi) is 4.44. The van der Waals surface area contributed by atoms with Crippen LogP contribution < -0.4 is 0 Å². The first-order valence-corrected chi connectivity index (χ1v) is 5.54. The fourth-order valence-electron chi connectivity index (χ4n) is 1.51. The SMILES string of the molecule is CN(C)C(CC(=O)O)c1cc(Br)ccc1F. The van der Waals surface area contributed by atoms with E-state index in [-0.39, 0.29) is 12.2 Å². The van der Waals surface area contributed by atoms with Crippen LogP contribution in [0.25, 0.3) is 0 Å². The van der Waals surface area contributed by atoms with Gasteiger partial charge in [0, 0.05) is 16.1 Å². The third-order valence-corrected chi connectivity index (χ3v) is 2.80. The zero-order valence-electron chi connectivity index (χ0n) is 9.08.